The number of hydrogen-bond acceptors (Lipinski definition) is 2. The molecule has 0 aromatic heterocycles. The molecule has 1 amide bonds. The lowest BCUT2D eigenvalue weighted by molar-refractivity contribution is -0.132. The van der Waals surface area contributed by atoms with Gasteiger partial charge in [0.25, 0.3) is 0 Å². The topological polar surface area (TPSA) is 32.3 Å². The van der Waals surface area contributed by atoms with Crippen LogP contribution in [0.4, 0.5) is 0 Å². The summed E-state index contributed by atoms with van der Waals surface area (Å²) in [6.45, 7) is 3.12. The molecule has 0 saturated carbocycles. The van der Waals surface area contributed by atoms with Gasteiger partial charge in [0.2, 0.25) is 5.91 Å². The van der Waals surface area contributed by atoms with E-state index in [1.165, 1.54) is 12.0 Å². The van der Waals surface area contributed by atoms with Crippen molar-refractivity contribution in [3.05, 3.63) is 34.3 Å². The van der Waals surface area contributed by atoms with E-state index in [0.29, 0.717) is 18.2 Å². The van der Waals surface area contributed by atoms with E-state index < -0.39 is 0 Å². The Bertz CT molecular complexity index is 505. The highest BCUT2D eigenvalue weighted by molar-refractivity contribution is 9.10. The van der Waals surface area contributed by atoms with Crippen molar-refractivity contribution < 1.29 is 4.79 Å². The van der Waals surface area contributed by atoms with Crippen molar-refractivity contribution in [2.24, 2.45) is 5.92 Å². The number of nitrogens with one attached hydrogen (secondary N) is 1. The minimum Gasteiger partial charge on any atom is -0.336 e. The summed E-state index contributed by atoms with van der Waals surface area (Å²) >= 11 is 3.53. The van der Waals surface area contributed by atoms with E-state index in [-0.39, 0.29) is 18.4 Å². The van der Waals surface area contributed by atoms with Crippen LogP contribution in [0.3, 0.4) is 0 Å². The zero-order chi connectivity index (χ0) is 14.7. The highest BCUT2D eigenvalue weighted by atomic mass is 79.9. The Labute approximate surface area is 147 Å². The molecule has 3 nitrogen and oxygen atoms in total. The predicted octanol–water partition coefficient (Wildman–Crippen LogP) is 3.92. The second-order valence-electron chi connectivity index (χ2n) is 6.20. The SMILES string of the molecule is Cl.O=C(CCC1CCNC1)N1CCCC1c1cccc(Br)c1. The zero-order valence-electron chi connectivity index (χ0n) is 12.8. The van der Waals surface area contributed by atoms with Gasteiger partial charge in [-0.25, -0.2) is 0 Å². The molecule has 0 aliphatic carbocycles. The summed E-state index contributed by atoms with van der Waals surface area (Å²) in [5, 5.41) is 3.38. The number of amides is 1. The third-order valence-corrected chi connectivity index (χ3v) is 5.23. The number of likely N-dealkylation sites (tertiary alicyclic amines) is 1. The average molecular weight is 388 g/mol. The summed E-state index contributed by atoms with van der Waals surface area (Å²) in [5.41, 5.74) is 1.26. The summed E-state index contributed by atoms with van der Waals surface area (Å²) < 4.78 is 1.09. The maximum Gasteiger partial charge on any atom is 0.223 e. The molecule has 0 spiro atoms. The largest absolute Gasteiger partial charge is 0.336 e. The van der Waals surface area contributed by atoms with Crippen LogP contribution in [0.1, 0.15) is 43.7 Å². The Hall–Kier alpha value is -0.580. The molecule has 2 saturated heterocycles. The molecule has 1 aromatic rings. The van der Waals surface area contributed by atoms with Gasteiger partial charge in [-0.2, -0.15) is 0 Å². The van der Waals surface area contributed by atoms with Gasteiger partial charge in [0.15, 0.2) is 0 Å². The van der Waals surface area contributed by atoms with Crippen molar-refractivity contribution in [2.45, 2.75) is 38.1 Å². The van der Waals surface area contributed by atoms with E-state index in [1.54, 1.807) is 0 Å². The minimum absolute atomic E-state index is 0. The van der Waals surface area contributed by atoms with Gasteiger partial charge in [-0.05, 0) is 62.4 Å². The average Bonchev–Trinajstić information content (AvgIpc) is 3.16. The Morgan fingerprint density at radius 3 is 2.95 bits per heavy atom. The highest BCUT2D eigenvalue weighted by Crippen LogP contribution is 2.34. The summed E-state index contributed by atoms with van der Waals surface area (Å²) in [6, 6.07) is 8.66. The van der Waals surface area contributed by atoms with Gasteiger partial charge in [0, 0.05) is 17.4 Å². The number of nitrogens with zero attached hydrogens (tertiary/aromatic N) is 1. The van der Waals surface area contributed by atoms with Crippen molar-refractivity contribution in [3.63, 3.8) is 0 Å². The molecular weight excluding hydrogens is 364 g/mol. The highest BCUT2D eigenvalue weighted by Gasteiger charge is 2.30. The van der Waals surface area contributed by atoms with E-state index in [2.05, 4.69) is 44.3 Å². The molecule has 1 N–H and O–H groups in total. The molecule has 1 aromatic carbocycles. The lowest BCUT2D eigenvalue weighted by Gasteiger charge is -2.26. The Morgan fingerprint density at radius 1 is 1.36 bits per heavy atom. The van der Waals surface area contributed by atoms with Crippen molar-refractivity contribution in [3.8, 4) is 0 Å². The second kappa shape index (κ2) is 8.32. The van der Waals surface area contributed by atoms with Crippen molar-refractivity contribution >= 4 is 34.2 Å². The first-order valence-corrected chi connectivity index (χ1v) is 8.79. The zero-order valence-corrected chi connectivity index (χ0v) is 15.2. The first kappa shape index (κ1) is 17.8. The predicted molar refractivity (Wildman–Crippen MR) is 95.3 cm³/mol. The number of benzene rings is 1. The molecule has 2 atom stereocenters. The van der Waals surface area contributed by atoms with Crippen LogP contribution < -0.4 is 5.32 Å². The van der Waals surface area contributed by atoms with Crippen LogP contribution in [0.5, 0.6) is 0 Å². The lowest BCUT2D eigenvalue weighted by Crippen LogP contribution is -2.30. The first-order valence-electron chi connectivity index (χ1n) is 7.99. The summed E-state index contributed by atoms with van der Waals surface area (Å²) in [4.78, 5) is 14.7. The third kappa shape index (κ3) is 4.24. The molecule has 2 unspecified atom stereocenters. The molecule has 5 heteroatoms. The monoisotopic (exact) mass is 386 g/mol. The second-order valence-corrected chi connectivity index (χ2v) is 7.11. The Morgan fingerprint density at radius 2 is 2.23 bits per heavy atom. The summed E-state index contributed by atoms with van der Waals surface area (Å²) in [5.74, 6) is 1.03. The van der Waals surface area contributed by atoms with Crippen LogP contribution in [-0.4, -0.2) is 30.4 Å². The molecule has 22 heavy (non-hydrogen) atoms. The van der Waals surface area contributed by atoms with E-state index in [9.17, 15) is 4.79 Å². The molecule has 2 heterocycles. The van der Waals surface area contributed by atoms with Crippen molar-refractivity contribution in [1.82, 2.24) is 10.2 Å². The number of rotatable bonds is 4. The molecule has 2 fully saturated rings. The molecule has 0 radical (unpaired) electrons. The number of hydrogen-bond donors (Lipinski definition) is 1. The summed E-state index contributed by atoms with van der Waals surface area (Å²) in [6.07, 6.45) is 5.17. The minimum atomic E-state index is 0. The molecule has 122 valence electrons. The molecule has 2 aliphatic rings. The van der Waals surface area contributed by atoms with Gasteiger partial charge in [-0.15, -0.1) is 12.4 Å². The Kier molecular flexibility index (Phi) is 6.72. The molecule has 3 rings (SSSR count). The van der Waals surface area contributed by atoms with Crippen molar-refractivity contribution in [2.75, 3.05) is 19.6 Å². The smallest absolute Gasteiger partial charge is 0.223 e. The van der Waals surface area contributed by atoms with Gasteiger partial charge < -0.3 is 10.2 Å². The van der Waals surface area contributed by atoms with Gasteiger partial charge in [-0.3, -0.25) is 4.79 Å². The fourth-order valence-electron chi connectivity index (χ4n) is 3.56. The van der Waals surface area contributed by atoms with Crippen LogP contribution in [0.25, 0.3) is 0 Å². The normalized spacial score (nSPS) is 24.3. The summed E-state index contributed by atoms with van der Waals surface area (Å²) in [7, 11) is 0. The number of carbonyl (C=O) groups is 1. The van der Waals surface area contributed by atoms with Crippen LogP contribution in [0.2, 0.25) is 0 Å². The molecule has 2 aliphatic heterocycles. The van der Waals surface area contributed by atoms with Crippen molar-refractivity contribution in [1.29, 1.82) is 0 Å². The fourth-order valence-corrected chi connectivity index (χ4v) is 3.97. The number of carbonyl (C=O) groups excluding carboxylic acids is 1. The van der Waals surface area contributed by atoms with Gasteiger partial charge in [0.05, 0.1) is 6.04 Å². The van der Waals surface area contributed by atoms with Gasteiger partial charge in [0.1, 0.15) is 0 Å². The van der Waals surface area contributed by atoms with Gasteiger partial charge in [-0.1, -0.05) is 28.1 Å². The van der Waals surface area contributed by atoms with Crippen LogP contribution in [0, 0.1) is 5.92 Å². The third-order valence-electron chi connectivity index (χ3n) is 4.74. The Balaban J connectivity index is 0.00000176. The number of halogens is 2. The standard InChI is InChI=1S/C17H23BrN2O.ClH/c18-15-4-1-3-14(11-15)16-5-2-10-20(16)17(21)7-6-13-8-9-19-12-13;/h1,3-4,11,13,16,19H,2,5-10,12H2;1H. The van der Waals surface area contributed by atoms with E-state index in [1.807, 2.05) is 6.07 Å². The van der Waals surface area contributed by atoms with Crippen LogP contribution >= 0.6 is 28.3 Å². The fraction of sp³-hybridized carbons (Fsp3) is 0.588. The first-order chi connectivity index (χ1) is 10.2. The quantitative estimate of drug-likeness (QED) is 0.849. The van der Waals surface area contributed by atoms with E-state index >= 15 is 0 Å². The van der Waals surface area contributed by atoms with Crippen LogP contribution in [0.15, 0.2) is 28.7 Å². The van der Waals surface area contributed by atoms with E-state index in [4.69, 9.17) is 0 Å². The molecule has 0 bridgehead atoms. The van der Waals surface area contributed by atoms with E-state index in [0.717, 1.165) is 43.4 Å². The maximum absolute atomic E-state index is 12.6. The van der Waals surface area contributed by atoms with Gasteiger partial charge >= 0.3 is 0 Å². The maximum atomic E-state index is 12.6. The van der Waals surface area contributed by atoms with Crippen LogP contribution in [-0.2, 0) is 4.79 Å². The lowest BCUT2D eigenvalue weighted by atomic mass is 10.0. The molecular formula is C17H24BrClN2O.